The highest BCUT2D eigenvalue weighted by Crippen LogP contribution is 2.31. The summed E-state index contributed by atoms with van der Waals surface area (Å²) in [7, 11) is 0. The third kappa shape index (κ3) is 2.01. The van der Waals surface area contributed by atoms with Crippen molar-refractivity contribution in [2.45, 2.75) is 13.1 Å². The highest BCUT2D eigenvalue weighted by Gasteiger charge is 2.33. The van der Waals surface area contributed by atoms with Crippen LogP contribution in [0.3, 0.4) is 0 Å². The van der Waals surface area contributed by atoms with Crippen molar-refractivity contribution < 1.29 is 23.1 Å². The minimum absolute atomic E-state index is 0.0949. The summed E-state index contributed by atoms with van der Waals surface area (Å²) in [6.07, 6.45) is -3.65. The fourth-order valence-corrected chi connectivity index (χ4v) is 0.946. The van der Waals surface area contributed by atoms with Crippen molar-refractivity contribution in [3.63, 3.8) is 0 Å². The van der Waals surface area contributed by atoms with Crippen LogP contribution in [0.2, 0.25) is 0 Å². The number of nitrogens with zero attached hydrogens (tertiary/aromatic N) is 1. The summed E-state index contributed by atoms with van der Waals surface area (Å²) in [5.41, 5.74) is -1.67. The predicted molar refractivity (Wildman–Crippen MR) is 40.9 cm³/mol. The van der Waals surface area contributed by atoms with Gasteiger partial charge in [-0.1, -0.05) is 0 Å². The molecule has 1 aromatic rings. The van der Waals surface area contributed by atoms with Crippen molar-refractivity contribution in [2.75, 3.05) is 0 Å². The van der Waals surface area contributed by atoms with Gasteiger partial charge in [0, 0.05) is 6.20 Å². The van der Waals surface area contributed by atoms with Crippen LogP contribution >= 0.6 is 0 Å². The molecule has 3 nitrogen and oxygen atoms in total. The first-order chi connectivity index (χ1) is 6.32. The summed E-state index contributed by atoms with van der Waals surface area (Å²) in [4.78, 5) is 13.7. The standard InChI is InChI=1S/C8H6F3NO2/c1-4-3-12-6(7(13)14)2-5(4)8(9,10)11/h2-3H,1H3,(H,13,14). The Bertz CT molecular complexity index is 373. The maximum atomic E-state index is 12.3. The van der Waals surface area contributed by atoms with Gasteiger partial charge >= 0.3 is 12.1 Å². The van der Waals surface area contributed by atoms with E-state index in [9.17, 15) is 18.0 Å². The summed E-state index contributed by atoms with van der Waals surface area (Å²) in [6.45, 7) is 1.22. The monoisotopic (exact) mass is 205 g/mol. The smallest absolute Gasteiger partial charge is 0.416 e. The van der Waals surface area contributed by atoms with Crippen LogP contribution < -0.4 is 0 Å². The molecular formula is C8H6F3NO2. The number of rotatable bonds is 1. The van der Waals surface area contributed by atoms with E-state index >= 15 is 0 Å². The van der Waals surface area contributed by atoms with E-state index in [1.165, 1.54) is 6.92 Å². The van der Waals surface area contributed by atoms with Gasteiger partial charge in [0.25, 0.3) is 0 Å². The Morgan fingerprint density at radius 3 is 2.50 bits per heavy atom. The summed E-state index contributed by atoms with van der Waals surface area (Å²) in [6, 6.07) is 0.525. The van der Waals surface area contributed by atoms with E-state index in [1.807, 2.05) is 0 Å². The average molecular weight is 205 g/mol. The summed E-state index contributed by atoms with van der Waals surface area (Å²) >= 11 is 0. The van der Waals surface area contributed by atoms with E-state index in [0.29, 0.717) is 6.07 Å². The second-order valence-electron chi connectivity index (χ2n) is 2.69. The van der Waals surface area contributed by atoms with Crippen LogP contribution in [0.1, 0.15) is 21.6 Å². The number of aryl methyl sites for hydroxylation is 1. The Hall–Kier alpha value is -1.59. The summed E-state index contributed by atoms with van der Waals surface area (Å²) in [5, 5.41) is 8.44. The normalized spacial score (nSPS) is 11.4. The molecule has 0 fully saturated rings. The lowest BCUT2D eigenvalue weighted by molar-refractivity contribution is -0.138. The highest BCUT2D eigenvalue weighted by atomic mass is 19.4. The molecule has 0 aliphatic heterocycles. The van der Waals surface area contributed by atoms with Crippen molar-refractivity contribution >= 4 is 5.97 Å². The van der Waals surface area contributed by atoms with Gasteiger partial charge in [0.1, 0.15) is 5.69 Å². The second kappa shape index (κ2) is 3.28. The number of carbonyl (C=O) groups is 1. The van der Waals surface area contributed by atoms with Crippen molar-refractivity contribution in [2.24, 2.45) is 0 Å². The molecule has 0 spiro atoms. The van der Waals surface area contributed by atoms with Crippen molar-refractivity contribution in [1.82, 2.24) is 4.98 Å². The van der Waals surface area contributed by atoms with Crippen LogP contribution in [0.25, 0.3) is 0 Å². The lowest BCUT2D eigenvalue weighted by Gasteiger charge is -2.09. The first kappa shape index (κ1) is 10.5. The Morgan fingerprint density at radius 1 is 1.50 bits per heavy atom. The molecule has 0 amide bonds. The van der Waals surface area contributed by atoms with Crippen LogP contribution in [0.4, 0.5) is 13.2 Å². The summed E-state index contributed by atoms with van der Waals surface area (Å²) < 4.78 is 36.8. The molecule has 0 unspecified atom stereocenters. The van der Waals surface area contributed by atoms with E-state index in [0.717, 1.165) is 6.20 Å². The van der Waals surface area contributed by atoms with Crippen molar-refractivity contribution in [3.05, 3.63) is 29.1 Å². The minimum Gasteiger partial charge on any atom is -0.477 e. The molecule has 1 heterocycles. The van der Waals surface area contributed by atoms with Crippen LogP contribution in [0, 0.1) is 6.92 Å². The lowest BCUT2D eigenvalue weighted by Crippen LogP contribution is -2.11. The molecule has 14 heavy (non-hydrogen) atoms. The van der Waals surface area contributed by atoms with Gasteiger partial charge in [-0.3, -0.25) is 0 Å². The molecular weight excluding hydrogens is 199 g/mol. The highest BCUT2D eigenvalue weighted by molar-refractivity contribution is 5.85. The quantitative estimate of drug-likeness (QED) is 0.763. The first-order valence-electron chi connectivity index (χ1n) is 3.59. The number of carboxylic acid groups (broad SMARTS) is 1. The zero-order valence-corrected chi connectivity index (χ0v) is 7.09. The number of hydrogen-bond donors (Lipinski definition) is 1. The second-order valence-corrected chi connectivity index (χ2v) is 2.69. The number of halogens is 3. The van der Waals surface area contributed by atoms with Gasteiger partial charge < -0.3 is 5.11 Å². The molecule has 76 valence electrons. The number of pyridine rings is 1. The number of hydrogen-bond acceptors (Lipinski definition) is 2. The molecule has 0 saturated heterocycles. The van der Waals surface area contributed by atoms with Crippen LogP contribution in [0.15, 0.2) is 12.3 Å². The minimum atomic E-state index is -4.54. The van der Waals surface area contributed by atoms with Gasteiger partial charge in [-0.05, 0) is 18.6 Å². The van der Waals surface area contributed by atoms with Gasteiger partial charge in [0.15, 0.2) is 0 Å². The lowest BCUT2D eigenvalue weighted by atomic mass is 10.1. The summed E-state index contributed by atoms with van der Waals surface area (Å²) in [5.74, 6) is -1.48. The molecule has 1 N–H and O–H groups in total. The largest absolute Gasteiger partial charge is 0.477 e. The van der Waals surface area contributed by atoms with Crippen molar-refractivity contribution in [1.29, 1.82) is 0 Å². The number of aromatic carboxylic acids is 1. The SMILES string of the molecule is Cc1cnc(C(=O)O)cc1C(F)(F)F. The van der Waals surface area contributed by atoms with Gasteiger partial charge in [0.05, 0.1) is 5.56 Å². The molecule has 0 aromatic carbocycles. The average Bonchev–Trinajstić information content (AvgIpc) is 2.02. The van der Waals surface area contributed by atoms with Crippen LogP contribution in [-0.2, 0) is 6.18 Å². The molecule has 6 heteroatoms. The molecule has 0 aliphatic carbocycles. The molecule has 0 aliphatic rings. The fraction of sp³-hybridized carbons (Fsp3) is 0.250. The maximum absolute atomic E-state index is 12.3. The topological polar surface area (TPSA) is 50.2 Å². The van der Waals surface area contributed by atoms with Gasteiger partial charge in [-0.15, -0.1) is 0 Å². The molecule has 0 atom stereocenters. The third-order valence-electron chi connectivity index (χ3n) is 1.63. The predicted octanol–water partition coefficient (Wildman–Crippen LogP) is 2.11. The molecule has 1 aromatic heterocycles. The molecule has 0 saturated carbocycles. The van der Waals surface area contributed by atoms with E-state index in [2.05, 4.69) is 4.98 Å². The van der Waals surface area contributed by atoms with Crippen LogP contribution in [0.5, 0.6) is 0 Å². The Morgan fingerprint density at radius 2 is 2.07 bits per heavy atom. The molecule has 0 radical (unpaired) electrons. The molecule has 1 rings (SSSR count). The number of aromatic nitrogens is 1. The maximum Gasteiger partial charge on any atom is 0.416 e. The van der Waals surface area contributed by atoms with Gasteiger partial charge in [-0.25, -0.2) is 9.78 Å². The number of alkyl halides is 3. The Kier molecular flexibility index (Phi) is 2.46. The van der Waals surface area contributed by atoms with E-state index in [1.54, 1.807) is 0 Å². The van der Waals surface area contributed by atoms with E-state index < -0.39 is 23.4 Å². The zero-order chi connectivity index (χ0) is 10.9. The van der Waals surface area contributed by atoms with E-state index in [-0.39, 0.29) is 5.56 Å². The Balaban J connectivity index is 3.29. The molecule has 0 bridgehead atoms. The third-order valence-corrected chi connectivity index (χ3v) is 1.63. The first-order valence-corrected chi connectivity index (χ1v) is 3.59. The van der Waals surface area contributed by atoms with Crippen molar-refractivity contribution in [3.8, 4) is 0 Å². The number of carboxylic acids is 1. The zero-order valence-electron chi connectivity index (χ0n) is 7.09. The fourth-order valence-electron chi connectivity index (χ4n) is 0.946. The van der Waals surface area contributed by atoms with E-state index in [4.69, 9.17) is 5.11 Å². The Labute approximate surface area is 77.2 Å². The van der Waals surface area contributed by atoms with Gasteiger partial charge in [-0.2, -0.15) is 13.2 Å². The van der Waals surface area contributed by atoms with Gasteiger partial charge in [0.2, 0.25) is 0 Å². The van der Waals surface area contributed by atoms with Crippen LogP contribution in [-0.4, -0.2) is 16.1 Å².